The highest BCUT2D eigenvalue weighted by Gasteiger charge is 2.36. The molecule has 0 amide bonds. The first-order valence-electron chi connectivity index (χ1n) is 10.5. The van der Waals surface area contributed by atoms with Crippen molar-refractivity contribution in [1.29, 1.82) is 0 Å². The molecule has 1 heterocycles. The highest BCUT2D eigenvalue weighted by molar-refractivity contribution is 7.92. The van der Waals surface area contributed by atoms with Gasteiger partial charge in [0, 0.05) is 11.6 Å². The third-order valence-electron chi connectivity index (χ3n) is 5.58. The predicted octanol–water partition coefficient (Wildman–Crippen LogP) is 4.01. The monoisotopic (exact) mass is 483 g/mol. The van der Waals surface area contributed by atoms with Crippen LogP contribution in [0.1, 0.15) is 33.2 Å². The summed E-state index contributed by atoms with van der Waals surface area (Å²) in [6.07, 6.45) is 0.588. The first kappa shape index (κ1) is 23.4. The fourth-order valence-corrected chi connectivity index (χ4v) is 5.68. The summed E-state index contributed by atoms with van der Waals surface area (Å²) in [5, 5.41) is 0. The molecule has 0 saturated carbocycles. The minimum atomic E-state index is -3.94. The van der Waals surface area contributed by atoms with Gasteiger partial charge in [0.2, 0.25) is 0 Å². The Labute approximate surface area is 196 Å². The molecule has 0 aliphatic carbocycles. The van der Waals surface area contributed by atoms with Crippen LogP contribution < -0.4 is 9.04 Å². The number of hydrogen-bond donors (Lipinski definition) is 0. The highest BCUT2D eigenvalue weighted by Crippen LogP contribution is 2.36. The van der Waals surface area contributed by atoms with Gasteiger partial charge in [-0.15, -0.1) is 0 Å². The number of hydrogen-bond acceptors (Lipinski definition) is 6. The van der Waals surface area contributed by atoms with Gasteiger partial charge >= 0.3 is 5.97 Å². The van der Waals surface area contributed by atoms with Gasteiger partial charge in [-0.25, -0.2) is 17.6 Å². The Morgan fingerprint density at radius 2 is 1.79 bits per heavy atom. The molecule has 176 valence electrons. The van der Waals surface area contributed by atoms with Gasteiger partial charge in [0.15, 0.2) is 24.0 Å². The van der Waals surface area contributed by atoms with E-state index in [1.807, 2.05) is 19.1 Å². The number of rotatable bonds is 7. The van der Waals surface area contributed by atoms with Crippen LogP contribution in [0.25, 0.3) is 0 Å². The lowest BCUT2D eigenvalue weighted by atomic mass is 10.1. The largest absolute Gasteiger partial charge is 0.494 e. The van der Waals surface area contributed by atoms with Crippen molar-refractivity contribution in [2.45, 2.75) is 24.3 Å². The number of nitrogens with zero attached hydrogens (tertiary/aromatic N) is 1. The van der Waals surface area contributed by atoms with Gasteiger partial charge in [0.05, 0.1) is 23.3 Å². The summed E-state index contributed by atoms with van der Waals surface area (Å²) in [4.78, 5) is 24.8. The zero-order valence-electron chi connectivity index (χ0n) is 18.5. The SMILES string of the molecule is COc1ccc(C(=O)COC(=O)c2cccc(S(=O)(=O)N3c4ccccc4CC3C)c2)cc1F. The van der Waals surface area contributed by atoms with E-state index < -0.39 is 34.2 Å². The molecule has 34 heavy (non-hydrogen) atoms. The zero-order chi connectivity index (χ0) is 24.5. The molecular formula is C25H22FNO6S. The number of esters is 1. The van der Waals surface area contributed by atoms with Crippen LogP contribution in [0.15, 0.2) is 71.6 Å². The lowest BCUT2D eigenvalue weighted by Gasteiger charge is -2.24. The third-order valence-corrected chi connectivity index (χ3v) is 7.50. The summed E-state index contributed by atoms with van der Waals surface area (Å²) in [6, 6.07) is 16.1. The minimum absolute atomic E-state index is 0.0125. The van der Waals surface area contributed by atoms with Crippen molar-refractivity contribution >= 4 is 27.5 Å². The van der Waals surface area contributed by atoms with Crippen molar-refractivity contribution in [1.82, 2.24) is 0 Å². The molecular weight excluding hydrogens is 461 g/mol. The summed E-state index contributed by atoms with van der Waals surface area (Å²) < 4.78 is 51.8. The molecule has 3 aromatic carbocycles. The maximum absolute atomic E-state index is 13.8. The Hall–Kier alpha value is -3.72. The number of methoxy groups -OCH3 is 1. The topological polar surface area (TPSA) is 90.0 Å². The Morgan fingerprint density at radius 1 is 1.03 bits per heavy atom. The molecule has 0 fully saturated rings. The van der Waals surface area contributed by atoms with Crippen LogP contribution >= 0.6 is 0 Å². The number of ketones is 1. The smallest absolute Gasteiger partial charge is 0.338 e. The Balaban J connectivity index is 1.50. The maximum atomic E-state index is 13.8. The first-order chi connectivity index (χ1) is 16.2. The number of sulfonamides is 1. The van der Waals surface area contributed by atoms with E-state index in [9.17, 15) is 22.4 Å². The lowest BCUT2D eigenvalue weighted by molar-refractivity contribution is 0.0474. The van der Waals surface area contributed by atoms with Gasteiger partial charge < -0.3 is 9.47 Å². The van der Waals surface area contributed by atoms with E-state index in [1.54, 1.807) is 12.1 Å². The molecule has 0 radical (unpaired) electrons. The van der Waals surface area contributed by atoms with Crippen LogP contribution in [0.2, 0.25) is 0 Å². The molecule has 0 aromatic heterocycles. The van der Waals surface area contributed by atoms with E-state index in [0.29, 0.717) is 12.1 Å². The number of ether oxygens (including phenoxy) is 2. The molecule has 0 N–H and O–H groups in total. The van der Waals surface area contributed by atoms with Crippen LogP contribution in [0.3, 0.4) is 0 Å². The number of anilines is 1. The summed E-state index contributed by atoms with van der Waals surface area (Å²) in [5.41, 5.74) is 1.54. The van der Waals surface area contributed by atoms with E-state index in [0.717, 1.165) is 11.6 Å². The number of benzene rings is 3. The molecule has 0 bridgehead atoms. The van der Waals surface area contributed by atoms with Gasteiger partial charge in [0.1, 0.15) is 0 Å². The Bertz CT molecular complexity index is 1370. The van der Waals surface area contributed by atoms with Crippen LogP contribution in [-0.2, 0) is 21.2 Å². The van der Waals surface area contributed by atoms with Crippen molar-refractivity contribution in [2.24, 2.45) is 0 Å². The van der Waals surface area contributed by atoms with Crippen molar-refractivity contribution in [2.75, 3.05) is 18.0 Å². The molecule has 1 aliphatic rings. The summed E-state index contributed by atoms with van der Waals surface area (Å²) in [7, 11) is -2.63. The molecule has 4 rings (SSSR count). The average molecular weight is 484 g/mol. The predicted molar refractivity (Wildman–Crippen MR) is 123 cm³/mol. The van der Waals surface area contributed by atoms with E-state index in [4.69, 9.17) is 9.47 Å². The van der Waals surface area contributed by atoms with Gasteiger partial charge in [0.25, 0.3) is 10.0 Å². The van der Waals surface area contributed by atoms with Crippen LogP contribution in [0.4, 0.5) is 10.1 Å². The summed E-state index contributed by atoms with van der Waals surface area (Å²) >= 11 is 0. The zero-order valence-corrected chi connectivity index (χ0v) is 19.3. The molecule has 1 unspecified atom stereocenters. The third kappa shape index (κ3) is 4.38. The van der Waals surface area contributed by atoms with Crippen molar-refractivity contribution in [3.63, 3.8) is 0 Å². The second-order valence-electron chi connectivity index (χ2n) is 7.86. The Morgan fingerprint density at radius 3 is 2.53 bits per heavy atom. The summed E-state index contributed by atoms with van der Waals surface area (Å²) in [6.45, 7) is 1.20. The van der Waals surface area contributed by atoms with E-state index in [1.165, 1.54) is 47.8 Å². The number of Topliss-reactive ketones (excluding diaryl/α,β-unsaturated/α-hetero) is 1. The minimum Gasteiger partial charge on any atom is -0.494 e. The van der Waals surface area contributed by atoms with Gasteiger partial charge in [-0.3, -0.25) is 9.10 Å². The average Bonchev–Trinajstić information content (AvgIpc) is 3.18. The second kappa shape index (κ2) is 9.26. The van der Waals surface area contributed by atoms with Crippen molar-refractivity contribution in [3.8, 4) is 5.75 Å². The first-order valence-corrected chi connectivity index (χ1v) is 11.9. The quantitative estimate of drug-likeness (QED) is 0.373. The van der Waals surface area contributed by atoms with E-state index in [-0.39, 0.29) is 27.8 Å². The second-order valence-corrected chi connectivity index (χ2v) is 9.67. The highest BCUT2D eigenvalue weighted by atomic mass is 32.2. The van der Waals surface area contributed by atoms with Crippen LogP contribution in [0.5, 0.6) is 5.75 Å². The number of carbonyl (C=O) groups is 2. The number of halogens is 1. The van der Waals surface area contributed by atoms with Crippen LogP contribution in [-0.4, -0.2) is 39.9 Å². The number of para-hydroxylation sites is 1. The van der Waals surface area contributed by atoms with Gasteiger partial charge in [-0.2, -0.15) is 0 Å². The number of fused-ring (bicyclic) bond motifs is 1. The molecule has 1 aliphatic heterocycles. The fourth-order valence-electron chi connectivity index (χ4n) is 3.94. The Kier molecular flexibility index (Phi) is 6.39. The lowest BCUT2D eigenvalue weighted by Crippen LogP contribution is -2.35. The maximum Gasteiger partial charge on any atom is 0.338 e. The van der Waals surface area contributed by atoms with E-state index >= 15 is 0 Å². The normalized spacial score (nSPS) is 15.0. The fraction of sp³-hybridized carbons (Fsp3) is 0.200. The van der Waals surface area contributed by atoms with E-state index in [2.05, 4.69) is 0 Å². The summed E-state index contributed by atoms with van der Waals surface area (Å²) in [5.74, 6) is -2.20. The number of carbonyl (C=O) groups excluding carboxylic acids is 2. The van der Waals surface area contributed by atoms with Gasteiger partial charge in [-0.05, 0) is 61.4 Å². The standard InChI is InChI=1S/C25H22FNO6S/c1-16-12-17-6-3-4-9-22(17)27(16)34(30,31)20-8-5-7-19(13-20)25(29)33-15-23(28)18-10-11-24(32-2)21(26)14-18/h3-11,13-14,16H,12,15H2,1-2H3. The molecule has 3 aromatic rings. The molecule has 7 nitrogen and oxygen atoms in total. The molecule has 9 heteroatoms. The van der Waals surface area contributed by atoms with Crippen molar-refractivity contribution < 1.29 is 31.9 Å². The molecule has 0 spiro atoms. The van der Waals surface area contributed by atoms with Crippen molar-refractivity contribution in [3.05, 3.63) is 89.2 Å². The molecule has 0 saturated heterocycles. The molecule has 1 atom stereocenters. The van der Waals surface area contributed by atoms with Crippen LogP contribution in [0, 0.1) is 5.82 Å². The van der Waals surface area contributed by atoms with Gasteiger partial charge in [-0.1, -0.05) is 24.3 Å².